The molecule has 0 fully saturated rings. The molecule has 2 aromatic rings. The smallest absolute Gasteiger partial charge is 0.237 e. The standard InChI is InChI=1S/C20H23NO/c1-15-11-12-18-16(14-15)8-7-13-21(18)19(22)20(2,3)17-9-5-4-6-10-17/h4-6,9-12,14H,7-8,13H2,1-3H3. The molecular formula is C20H23NO. The quantitative estimate of drug-likeness (QED) is 0.810. The van der Waals surface area contributed by atoms with Gasteiger partial charge in [-0.05, 0) is 50.8 Å². The minimum Gasteiger partial charge on any atom is -0.311 e. The summed E-state index contributed by atoms with van der Waals surface area (Å²) in [6.07, 6.45) is 2.10. The summed E-state index contributed by atoms with van der Waals surface area (Å²) in [4.78, 5) is 15.2. The molecule has 2 nitrogen and oxygen atoms in total. The highest BCUT2D eigenvalue weighted by atomic mass is 16.2. The molecule has 0 saturated carbocycles. The predicted octanol–water partition coefficient (Wildman–Crippen LogP) is 4.25. The summed E-state index contributed by atoms with van der Waals surface area (Å²) < 4.78 is 0. The van der Waals surface area contributed by atoms with E-state index in [1.165, 1.54) is 11.1 Å². The number of benzene rings is 2. The minimum atomic E-state index is -0.513. The van der Waals surface area contributed by atoms with E-state index in [-0.39, 0.29) is 5.91 Å². The van der Waals surface area contributed by atoms with Crippen LogP contribution < -0.4 is 4.90 Å². The van der Waals surface area contributed by atoms with Crippen LogP contribution >= 0.6 is 0 Å². The Morgan fingerprint density at radius 3 is 2.55 bits per heavy atom. The Labute approximate surface area is 132 Å². The summed E-state index contributed by atoms with van der Waals surface area (Å²) in [7, 11) is 0. The third-order valence-electron chi connectivity index (χ3n) is 4.63. The minimum absolute atomic E-state index is 0.184. The number of aryl methyl sites for hydroxylation is 2. The maximum absolute atomic E-state index is 13.2. The van der Waals surface area contributed by atoms with Crippen LogP contribution in [0.2, 0.25) is 0 Å². The van der Waals surface area contributed by atoms with E-state index in [0.29, 0.717) is 0 Å². The third kappa shape index (κ3) is 2.54. The van der Waals surface area contributed by atoms with Gasteiger partial charge in [0.25, 0.3) is 0 Å². The molecule has 0 bridgehead atoms. The fourth-order valence-electron chi connectivity index (χ4n) is 3.25. The van der Waals surface area contributed by atoms with Crippen LogP contribution in [0.4, 0.5) is 5.69 Å². The zero-order valence-electron chi connectivity index (χ0n) is 13.6. The number of amides is 1. The highest BCUT2D eigenvalue weighted by Gasteiger charge is 2.35. The second-order valence-corrected chi connectivity index (χ2v) is 6.68. The van der Waals surface area contributed by atoms with Crippen LogP contribution in [0.3, 0.4) is 0 Å². The largest absolute Gasteiger partial charge is 0.311 e. The highest BCUT2D eigenvalue weighted by Crippen LogP contribution is 2.33. The molecule has 0 aromatic heterocycles. The van der Waals surface area contributed by atoms with Gasteiger partial charge >= 0.3 is 0 Å². The molecule has 0 radical (unpaired) electrons. The van der Waals surface area contributed by atoms with Gasteiger partial charge in [0.2, 0.25) is 5.91 Å². The monoisotopic (exact) mass is 293 g/mol. The molecule has 22 heavy (non-hydrogen) atoms. The molecule has 1 aliphatic heterocycles. The molecule has 2 aromatic carbocycles. The predicted molar refractivity (Wildman–Crippen MR) is 91.3 cm³/mol. The maximum Gasteiger partial charge on any atom is 0.237 e. The van der Waals surface area contributed by atoms with Gasteiger partial charge < -0.3 is 4.90 Å². The summed E-state index contributed by atoms with van der Waals surface area (Å²) in [6.45, 7) is 6.96. The van der Waals surface area contributed by atoms with Gasteiger partial charge in [-0.3, -0.25) is 4.79 Å². The second kappa shape index (κ2) is 5.60. The van der Waals surface area contributed by atoms with Crippen molar-refractivity contribution in [3.05, 3.63) is 65.2 Å². The average molecular weight is 293 g/mol. The summed E-state index contributed by atoms with van der Waals surface area (Å²) in [5.74, 6) is 0.184. The summed E-state index contributed by atoms with van der Waals surface area (Å²) in [5, 5.41) is 0. The zero-order chi connectivity index (χ0) is 15.7. The number of fused-ring (bicyclic) bond motifs is 1. The van der Waals surface area contributed by atoms with Crippen LogP contribution in [-0.4, -0.2) is 12.5 Å². The fourth-order valence-corrected chi connectivity index (χ4v) is 3.25. The lowest BCUT2D eigenvalue weighted by Gasteiger charge is -2.36. The Morgan fingerprint density at radius 2 is 1.82 bits per heavy atom. The first kappa shape index (κ1) is 14.8. The molecule has 0 saturated heterocycles. The van der Waals surface area contributed by atoms with E-state index in [9.17, 15) is 4.79 Å². The first-order chi connectivity index (χ1) is 10.5. The van der Waals surface area contributed by atoms with E-state index in [4.69, 9.17) is 0 Å². The fraction of sp³-hybridized carbons (Fsp3) is 0.350. The van der Waals surface area contributed by atoms with Crippen molar-refractivity contribution in [3.63, 3.8) is 0 Å². The van der Waals surface area contributed by atoms with Crippen molar-refractivity contribution >= 4 is 11.6 Å². The topological polar surface area (TPSA) is 20.3 Å². The van der Waals surface area contributed by atoms with Crippen molar-refractivity contribution in [3.8, 4) is 0 Å². The second-order valence-electron chi connectivity index (χ2n) is 6.68. The number of carbonyl (C=O) groups is 1. The van der Waals surface area contributed by atoms with Crippen LogP contribution in [0, 0.1) is 6.92 Å². The van der Waals surface area contributed by atoms with Gasteiger partial charge in [-0.15, -0.1) is 0 Å². The number of hydrogen-bond donors (Lipinski definition) is 0. The number of nitrogens with zero attached hydrogens (tertiary/aromatic N) is 1. The molecule has 0 spiro atoms. The molecule has 0 atom stereocenters. The Kier molecular flexibility index (Phi) is 3.78. The molecule has 114 valence electrons. The maximum atomic E-state index is 13.2. The molecule has 1 heterocycles. The number of carbonyl (C=O) groups excluding carboxylic acids is 1. The highest BCUT2D eigenvalue weighted by molar-refractivity contribution is 6.01. The number of rotatable bonds is 2. The van der Waals surface area contributed by atoms with Crippen LogP contribution in [-0.2, 0) is 16.6 Å². The van der Waals surface area contributed by atoms with Crippen LogP contribution in [0.15, 0.2) is 48.5 Å². The van der Waals surface area contributed by atoms with Crippen LogP contribution in [0.25, 0.3) is 0 Å². The van der Waals surface area contributed by atoms with Crippen molar-refractivity contribution in [1.29, 1.82) is 0 Å². The summed E-state index contributed by atoms with van der Waals surface area (Å²) in [5.41, 5.74) is 4.20. The van der Waals surface area contributed by atoms with Crippen molar-refractivity contribution in [2.75, 3.05) is 11.4 Å². The van der Waals surface area contributed by atoms with Crippen LogP contribution in [0.5, 0.6) is 0 Å². The molecule has 0 unspecified atom stereocenters. The van der Waals surface area contributed by atoms with Gasteiger partial charge in [0.15, 0.2) is 0 Å². The number of anilines is 1. The van der Waals surface area contributed by atoms with Crippen LogP contribution in [0.1, 0.15) is 37.0 Å². The lowest BCUT2D eigenvalue weighted by Crippen LogP contribution is -2.45. The van der Waals surface area contributed by atoms with Gasteiger partial charge in [0, 0.05) is 12.2 Å². The zero-order valence-corrected chi connectivity index (χ0v) is 13.6. The lowest BCUT2D eigenvalue weighted by molar-refractivity contribution is -0.123. The Hall–Kier alpha value is -2.09. The van der Waals surface area contributed by atoms with Crippen molar-refractivity contribution in [2.24, 2.45) is 0 Å². The average Bonchev–Trinajstić information content (AvgIpc) is 2.54. The Balaban J connectivity index is 1.97. The van der Waals surface area contributed by atoms with Crippen molar-refractivity contribution in [2.45, 2.75) is 39.0 Å². The summed E-state index contributed by atoms with van der Waals surface area (Å²) >= 11 is 0. The van der Waals surface area contributed by atoms with E-state index in [1.807, 2.05) is 49.1 Å². The molecule has 1 aliphatic rings. The van der Waals surface area contributed by atoms with Crippen molar-refractivity contribution in [1.82, 2.24) is 0 Å². The first-order valence-electron chi connectivity index (χ1n) is 7.97. The van der Waals surface area contributed by atoms with E-state index in [1.54, 1.807) is 0 Å². The molecule has 0 aliphatic carbocycles. The SMILES string of the molecule is Cc1ccc2c(c1)CCCN2C(=O)C(C)(C)c1ccccc1. The van der Waals surface area contributed by atoms with Gasteiger partial charge in [-0.1, -0.05) is 48.0 Å². The van der Waals surface area contributed by atoms with Gasteiger partial charge in [0.05, 0.1) is 5.41 Å². The molecular weight excluding hydrogens is 270 g/mol. The first-order valence-corrected chi connectivity index (χ1v) is 7.97. The van der Waals surface area contributed by atoms with Crippen molar-refractivity contribution < 1.29 is 4.79 Å². The van der Waals surface area contributed by atoms with Gasteiger partial charge in [0.1, 0.15) is 0 Å². The normalized spacial score (nSPS) is 14.6. The van der Waals surface area contributed by atoms with E-state index in [0.717, 1.165) is 30.6 Å². The Bertz CT molecular complexity index is 688. The Morgan fingerprint density at radius 1 is 1.09 bits per heavy atom. The van der Waals surface area contributed by atoms with E-state index >= 15 is 0 Å². The lowest BCUT2D eigenvalue weighted by atomic mass is 9.82. The van der Waals surface area contributed by atoms with E-state index < -0.39 is 5.41 Å². The molecule has 3 rings (SSSR count). The molecule has 0 N–H and O–H groups in total. The summed E-state index contributed by atoms with van der Waals surface area (Å²) in [6, 6.07) is 16.5. The third-order valence-corrected chi connectivity index (χ3v) is 4.63. The van der Waals surface area contributed by atoms with Gasteiger partial charge in [-0.2, -0.15) is 0 Å². The molecule has 2 heteroatoms. The van der Waals surface area contributed by atoms with Gasteiger partial charge in [-0.25, -0.2) is 0 Å². The number of hydrogen-bond acceptors (Lipinski definition) is 1. The van der Waals surface area contributed by atoms with E-state index in [2.05, 4.69) is 25.1 Å². The molecule has 1 amide bonds.